The molecule has 3 saturated heterocycles. The van der Waals surface area contributed by atoms with Gasteiger partial charge in [-0.25, -0.2) is 0 Å². The molecule has 3 aliphatic rings. The number of hydrogen-bond acceptors (Lipinski definition) is 6. The molecule has 1 atom stereocenters. The van der Waals surface area contributed by atoms with Crippen molar-refractivity contribution in [1.29, 1.82) is 0 Å². The van der Waals surface area contributed by atoms with Gasteiger partial charge >= 0.3 is 7.12 Å². The normalized spacial score (nSPS) is 28.9. The Morgan fingerprint density at radius 1 is 1.05 bits per heavy atom. The third-order valence-corrected chi connectivity index (χ3v) is 6.69. The molecule has 0 aromatic rings. The van der Waals surface area contributed by atoms with E-state index in [4.69, 9.17) is 4.52 Å². The molecule has 8 heteroatoms. The van der Waals surface area contributed by atoms with Crippen LogP contribution in [0.2, 0.25) is 0 Å². The third kappa shape index (κ3) is 2.75. The van der Waals surface area contributed by atoms with Gasteiger partial charge in [0.2, 0.25) is 7.37 Å². The molecule has 0 amide bonds. The summed E-state index contributed by atoms with van der Waals surface area (Å²) in [4.78, 5) is 9.93. The minimum atomic E-state index is -2.69. The highest BCUT2D eigenvalue weighted by molar-refractivity contribution is 7.62. The fourth-order valence-corrected chi connectivity index (χ4v) is 4.72. The first-order valence-electron chi connectivity index (χ1n) is 7.38. The lowest BCUT2D eigenvalue weighted by molar-refractivity contribution is 0.228. The first-order chi connectivity index (χ1) is 9.65. The van der Waals surface area contributed by atoms with Crippen LogP contribution < -0.4 is 0 Å². The molecule has 3 rings (SSSR count). The van der Waals surface area contributed by atoms with Gasteiger partial charge in [0.15, 0.2) is 0 Å². The Labute approximate surface area is 121 Å². The molecule has 0 aromatic heterocycles. The van der Waals surface area contributed by atoms with Gasteiger partial charge in [0, 0.05) is 59.5 Å². The van der Waals surface area contributed by atoms with Crippen LogP contribution in [0.4, 0.5) is 0 Å². The van der Waals surface area contributed by atoms with Crippen LogP contribution >= 0.6 is 7.37 Å². The Morgan fingerprint density at radius 2 is 1.50 bits per heavy atom. The summed E-state index contributed by atoms with van der Waals surface area (Å²) in [5.41, 5.74) is 0. The third-order valence-electron chi connectivity index (χ3n) is 4.72. The molecule has 3 heterocycles. The fraction of sp³-hybridized carbons (Fsp3) is 0.833. The van der Waals surface area contributed by atoms with Crippen molar-refractivity contribution < 1.29 is 9.09 Å². The van der Waals surface area contributed by atoms with E-state index in [0.29, 0.717) is 13.4 Å². The number of rotatable bonds is 4. The molecule has 0 bridgehead atoms. The number of hydrogen-bond donors (Lipinski definition) is 0. The topological polar surface area (TPSA) is 39.3 Å². The molecule has 20 heavy (non-hydrogen) atoms. The van der Waals surface area contributed by atoms with Gasteiger partial charge in [0.25, 0.3) is 0 Å². The molecule has 0 N–H and O–H groups in total. The van der Waals surface area contributed by atoms with E-state index in [1.165, 1.54) is 26.0 Å². The molecule has 0 radical (unpaired) electrons. The lowest BCUT2D eigenvalue weighted by atomic mass is 9.89. The Morgan fingerprint density at radius 3 is 1.90 bits per heavy atom. The average Bonchev–Trinajstić information content (AvgIpc) is 3.01. The highest BCUT2D eigenvalue weighted by Crippen LogP contribution is 2.47. The Balaban J connectivity index is 1.65. The van der Waals surface area contributed by atoms with Crippen molar-refractivity contribution in [3.63, 3.8) is 0 Å². The fourth-order valence-electron chi connectivity index (χ4n) is 3.50. The van der Waals surface area contributed by atoms with E-state index >= 15 is 0 Å². The predicted octanol–water partition coefficient (Wildman–Crippen LogP) is 0.246. The van der Waals surface area contributed by atoms with Crippen molar-refractivity contribution in [1.82, 2.24) is 19.3 Å². The molecule has 1 unspecified atom stereocenters. The Hall–Kier alpha value is -0.165. The van der Waals surface area contributed by atoms with Gasteiger partial charge in [-0.15, -0.1) is 0 Å². The van der Waals surface area contributed by atoms with Gasteiger partial charge in [0.1, 0.15) is 0 Å². The van der Waals surface area contributed by atoms with Crippen LogP contribution in [0.1, 0.15) is 0 Å². The average molecular weight is 298 g/mol. The zero-order valence-electron chi connectivity index (χ0n) is 12.3. The van der Waals surface area contributed by atoms with Crippen molar-refractivity contribution in [2.75, 3.05) is 65.8 Å². The van der Waals surface area contributed by atoms with Crippen molar-refractivity contribution in [3.05, 3.63) is 12.4 Å². The summed E-state index contributed by atoms with van der Waals surface area (Å²) in [6.07, 6.45) is 0.489. The summed E-state index contributed by atoms with van der Waals surface area (Å²) < 4.78 is 17.6. The zero-order chi connectivity index (χ0) is 14.2. The van der Waals surface area contributed by atoms with Gasteiger partial charge < -0.3 is 19.0 Å². The lowest BCUT2D eigenvalue weighted by Crippen LogP contribution is -2.56. The summed E-state index contributed by atoms with van der Waals surface area (Å²) in [5, 5.41) is 0. The lowest BCUT2D eigenvalue weighted by Gasteiger charge is -2.35. The molecule has 0 saturated carbocycles. The summed E-state index contributed by atoms with van der Waals surface area (Å²) in [7, 11) is -0.652. The van der Waals surface area contributed by atoms with Gasteiger partial charge in [-0.3, -0.25) is 9.46 Å². The maximum atomic E-state index is 12.4. The van der Waals surface area contributed by atoms with E-state index in [0.717, 1.165) is 39.3 Å². The van der Waals surface area contributed by atoms with Crippen molar-refractivity contribution in [2.24, 2.45) is 0 Å². The molecule has 3 aliphatic heterocycles. The van der Waals surface area contributed by atoms with Crippen LogP contribution in [0, 0.1) is 0 Å². The second-order valence-electron chi connectivity index (χ2n) is 5.81. The molecular weight excluding hydrogens is 274 g/mol. The van der Waals surface area contributed by atoms with E-state index in [1.54, 1.807) is 0 Å². The van der Waals surface area contributed by atoms with E-state index in [2.05, 4.69) is 25.9 Å². The van der Waals surface area contributed by atoms with E-state index < -0.39 is 7.37 Å². The van der Waals surface area contributed by atoms with Gasteiger partial charge in [-0.05, 0) is 5.82 Å². The standard InChI is InChI=1S/C12H24BN4O2P/c1-3-20(18,19-2)12-14-4-6-15-8-10-17-11-9-16(7-5-14)13(15)17/h3H,1,4-12H2,2H3. The Bertz CT molecular complexity index is 404. The van der Waals surface area contributed by atoms with E-state index in [1.807, 2.05) is 0 Å². The largest absolute Gasteiger partial charge is 0.403 e. The van der Waals surface area contributed by atoms with Gasteiger partial charge in [0.05, 0.1) is 6.29 Å². The van der Waals surface area contributed by atoms with E-state index in [-0.39, 0.29) is 0 Å². The van der Waals surface area contributed by atoms with Crippen LogP contribution in [0.15, 0.2) is 12.4 Å². The van der Waals surface area contributed by atoms with Crippen LogP contribution in [-0.4, -0.2) is 92.2 Å². The second kappa shape index (κ2) is 5.91. The first kappa shape index (κ1) is 14.8. The minimum absolute atomic E-state index is 0.489. The summed E-state index contributed by atoms with van der Waals surface area (Å²) >= 11 is 0. The summed E-state index contributed by atoms with van der Waals surface area (Å²) in [6.45, 7) is 12.3. The van der Waals surface area contributed by atoms with Crippen LogP contribution in [0.3, 0.4) is 0 Å². The molecule has 3 fully saturated rings. The molecular formula is C12H24BN4O2P. The van der Waals surface area contributed by atoms with Crippen LogP contribution in [0.5, 0.6) is 0 Å². The Kier molecular flexibility index (Phi) is 4.36. The quantitative estimate of drug-likeness (QED) is 0.547. The monoisotopic (exact) mass is 298 g/mol. The highest BCUT2D eigenvalue weighted by atomic mass is 31.2. The molecule has 112 valence electrons. The predicted molar refractivity (Wildman–Crippen MR) is 81.7 cm³/mol. The second-order valence-corrected chi connectivity index (χ2v) is 8.27. The highest BCUT2D eigenvalue weighted by Gasteiger charge is 2.46. The van der Waals surface area contributed by atoms with Gasteiger partial charge in [-0.1, -0.05) is 6.58 Å². The van der Waals surface area contributed by atoms with Gasteiger partial charge in [-0.2, -0.15) is 0 Å². The first-order valence-corrected chi connectivity index (χ1v) is 9.26. The SMILES string of the molecule is C=CP(=O)(CN1CCN2CCN3CCN(CC1)B23)OC. The van der Waals surface area contributed by atoms with Crippen molar-refractivity contribution in [3.8, 4) is 0 Å². The minimum Gasteiger partial charge on any atom is -0.328 e. The molecule has 0 spiro atoms. The maximum absolute atomic E-state index is 12.4. The molecule has 6 nitrogen and oxygen atoms in total. The van der Waals surface area contributed by atoms with Crippen LogP contribution in [-0.2, 0) is 9.09 Å². The smallest absolute Gasteiger partial charge is 0.328 e. The van der Waals surface area contributed by atoms with Crippen molar-refractivity contribution >= 4 is 14.5 Å². The zero-order valence-corrected chi connectivity index (χ0v) is 13.2. The molecule has 0 aromatic carbocycles. The maximum Gasteiger partial charge on any atom is 0.403 e. The van der Waals surface area contributed by atoms with Crippen LogP contribution in [0.25, 0.3) is 0 Å². The summed E-state index contributed by atoms with van der Waals surface area (Å²) in [6, 6.07) is 0. The van der Waals surface area contributed by atoms with E-state index in [9.17, 15) is 4.57 Å². The summed E-state index contributed by atoms with van der Waals surface area (Å²) in [5.74, 6) is 1.49. The number of nitrogens with zero attached hydrogens (tertiary/aromatic N) is 4. The van der Waals surface area contributed by atoms with Crippen molar-refractivity contribution in [2.45, 2.75) is 0 Å². The molecule has 0 aliphatic carbocycles.